The van der Waals surface area contributed by atoms with Crippen molar-refractivity contribution < 1.29 is 0 Å². The Hall–Kier alpha value is -4.36. The molecule has 1 atom stereocenters. The molecule has 156 valence electrons. The second kappa shape index (κ2) is 9.63. The minimum Gasteiger partial charge on any atom is -0.354 e. The van der Waals surface area contributed by atoms with Crippen LogP contribution in [0.3, 0.4) is 0 Å². The highest BCUT2D eigenvalue weighted by Crippen LogP contribution is 2.36. The molecule has 4 heteroatoms. The van der Waals surface area contributed by atoms with E-state index in [1.54, 1.807) is 6.07 Å². The van der Waals surface area contributed by atoms with Crippen molar-refractivity contribution >= 4 is 22.9 Å². The van der Waals surface area contributed by atoms with Crippen molar-refractivity contribution in [2.45, 2.75) is 13.0 Å². The van der Waals surface area contributed by atoms with Crippen molar-refractivity contribution in [2.24, 2.45) is 0 Å². The van der Waals surface area contributed by atoms with Gasteiger partial charge < -0.3 is 10.2 Å². The Kier molecular flexibility index (Phi) is 6.29. The lowest BCUT2D eigenvalue weighted by atomic mass is 10.0. The van der Waals surface area contributed by atoms with Crippen molar-refractivity contribution in [3.8, 4) is 6.07 Å². The molecule has 0 aliphatic heterocycles. The quantitative estimate of drug-likeness (QED) is 0.266. The molecule has 0 amide bonds. The van der Waals surface area contributed by atoms with Gasteiger partial charge in [-0.15, -0.1) is 0 Å². The van der Waals surface area contributed by atoms with Crippen LogP contribution in [0, 0.1) is 16.7 Å². The first-order valence-electron chi connectivity index (χ1n) is 10.5. The third kappa shape index (κ3) is 4.53. The van der Waals surface area contributed by atoms with Crippen LogP contribution in [0.4, 0.5) is 17.1 Å². The Morgan fingerprint density at radius 3 is 2.06 bits per heavy atom. The average molecular weight is 417 g/mol. The summed E-state index contributed by atoms with van der Waals surface area (Å²) >= 11 is 0. The maximum Gasteiger partial charge on any atom is 0.133 e. The van der Waals surface area contributed by atoms with Gasteiger partial charge >= 0.3 is 0 Å². The largest absolute Gasteiger partial charge is 0.354 e. The van der Waals surface area contributed by atoms with E-state index in [1.807, 2.05) is 95.9 Å². The van der Waals surface area contributed by atoms with Gasteiger partial charge in [-0.2, -0.15) is 5.26 Å². The van der Waals surface area contributed by atoms with E-state index >= 15 is 0 Å². The minimum absolute atomic E-state index is 0.104. The van der Waals surface area contributed by atoms with Crippen LogP contribution < -0.4 is 10.2 Å². The molecule has 32 heavy (non-hydrogen) atoms. The summed E-state index contributed by atoms with van der Waals surface area (Å²) < 4.78 is 0. The van der Waals surface area contributed by atoms with Crippen molar-refractivity contribution in [3.63, 3.8) is 0 Å². The summed E-state index contributed by atoms with van der Waals surface area (Å²) in [5, 5.41) is 22.1. The fourth-order valence-corrected chi connectivity index (χ4v) is 3.73. The smallest absolute Gasteiger partial charge is 0.133 e. The van der Waals surface area contributed by atoms with Crippen LogP contribution in [0.15, 0.2) is 109 Å². The van der Waals surface area contributed by atoms with E-state index in [1.165, 1.54) is 0 Å². The standard InChI is InChI=1S/C28H24N4/c1-21(23-11-5-2-6-12-23)32(28(30)24-13-7-3-8-14-24)27-18-17-22(20-29)19-26(27)31-25-15-9-4-10-16-25/h2-19,21,30-31H,1H3. The first-order chi connectivity index (χ1) is 15.7. The zero-order valence-corrected chi connectivity index (χ0v) is 17.9. The number of nitriles is 1. The van der Waals surface area contributed by atoms with Crippen molar-refractivity contribution in [1.29, 1.82) is 10.7 Å². The van der Waals surface area contributed by atoms with Gasteiger partial charge in [0.05, 0.1) is 29.0 Å². The topological polar surface area (TPSA) is 62.9 Å². The van der Waals surface area contributed by atoms with E-state index in [0.29, 0.717) is 11.4 Å². The van der Waals surface area contributed by atoms with Gasteiger partial charge in [0.2, 0.25) is 0 Å². The van der Waals surface area contributed by atoms with Crippen LogP contribution in [0.2, 0.25) is 0 Å². The van der Waals surface area contributed by atoms with Crippen LogP contribution >= 0.6 is 0 Å². The molecule has 0 saturated heterocycles. The van der Waals surface area contributed by atoms with E-state index in [-0.39, 0.29) is 6.04 Å². The maximum absolute atomic E-state index is 9.50. The summed E-state index contributed by atoms with van der Waals surface area (Å²) in [6.45, 7) is 2.09. The molecule has 1 unspecified atom stereocenters. The predicted molar refractivity (Wildman–Crippen MR) is 131 cm³/mol. The van der Waals surface area contributed by atoms with Crippen LogP contribution in [0.25, 0.3) is 0 Å². The van der Waals surface area contributed by atoms with E-state index in [9.17, 15) is 5.26 Å². The molecule has 4 aromatic carbocycles. The second-order valence-electron chi connectivity index (χ2n) is 7.51. The first kappa shape index (κ1) is 20.9. The molecule has 0 heterocycles. The number of hydrogen-bond acceptors (Lipinski definition) is 3. The van der Waals surface area contributed by atoms with Crippen molar-refractivity contribution in [2.75, 3.05) is 10.2 Å². The molecular formula is C28H24N4. The van der Waals surface area contributed by atoms with E-state index in [2.05, 4.69) is 30.4 Å². The van der Waals surface area contributed by atoms with Crippen molar-refractivity contribution in [1.82, 2.24) is 0 Å². The van der Waals surface area contributed by atoms with Gasteiger partial charge in [0.15, 0.2) is 0 Å². The number of nitrogens with one attached hydrogen (secondary N) is 2. The molecule has 0 aliphatic carbocycles. The van der Waals surface area contributed by atoms with E-state index < -0.39 is 0 Å². The molecule has 4 aromatic rings. The molecule has 0 spiro atoms. The van der Waals surface area contributed by atoms with Crippen LogP contribution in [0.5, 0.6) is 0 Å². The van der Waals surface area contributed by atoms with Crippen LogP contribution in [-0.2, 0) is 0 Å². The average Bonchev–Trinajstić information content (AvgIpc) is 2.86. The molecular weight excluding hydrogens is 392 g/mol. The monoisotopic (exact) mass is 416 g/mol. The predicted octanol–water partition coefficient (Wildman–Crippen LogP) is 6.90. The van der Waals surface area contributed by atoms with E-state index in [4.69, 9.17) is 5.41 Å². The fourth-order valence-electron chi connectivity index (χ4n) is 3.73. The lowest BCUT2D eigenvalue weighted by molar-refractivity contribution is 0.789. The highest BCUT2D eigenvalue weighted by Gasteiger charge is 2.24. The third-order valence-electron chi connectivity index (χ3n) is 5.40. The molecule has 0 fully saturated rings. The summed E-state index contributed by atoms with van der Waals surface area (Å²) in [6, 6.07) is 37.4. The highest BCUT2D eigenvalue weighted by atomic mass is 15.2. The molecule has 0 aliphatic rings. The third-order valence-corrected chi connectivity index (χ3v) is 5.40. The fraction of sp³-hybridized carbons (Fsp3) is 0.0714. The van der Waals surface area contributed by atoms with Gasteiger partial charge in [0.25, 0.3) is 0 Å². The van der Waals surface area contributed by atoms with Gasteiger partial charge in [-0.05, 0) is 42.8 Å². The lowest BCUT2D eigenvalue weighted by Gasteiger charge is -2.34. The summed E-state index contributed by atoms with van der Waals surface area (Å²) in [4.78, 5) is 2.01. The normalized spacial score (nSPS) is 11.2. The summed E-state index contributed by atoms with van der Waals surface area (Å²) in [5.41, 5.74) is 5.01. The first-order valence-corrected chi connectivity index (χ1v) is 10.5. The molecule has 4 nitrogen and oxygen atoms in total. The van der Waals surface area contributed by atoms with Gasteiger partial charge in [-0.25, -0.2) is 0 Å². The number of rotatable bonds is 6. The van der Waals surface area contributed by atoms with Crippen molar-refractivity contribution in [3.05, 3.63) is 126 Å². The summed E-state index contributed by atoms with van der Waals surface area (Å²) in [5.74, 6) is 0.391. The summed E-state index contributed by atoms with van der Waals surface area (Å²) in [7, 11) is 0. The number of amidine groups is 1. The van der Waals surface area contributed by atoms with E-state index in [0.717, 1.165) is 28.2 Å². The molecule has 2 N–H and O–H groups in total. The Balaban J connectivity index is 1.85. The van der Waals surface area contributed by atoms with Gasteiger partial charge in [0.1, 0.15) is 5.84 Å². The summed E-state index contributed by atoms with van der Waals surface area (Å²) in [6.07, 6.45) is 0. The molecule has 0 saturated carbocycles. The number of anilines is 3. The Morgan fingerprint density at radius 2 is 1.44 bits per heavy atom. The zero-order chi connectivity index (χ0) is 22.3. The number of hydrogen-bond donors (Lipinski definition) is 2. The molecule has 0 radical (unpaired) electrons. The maximum atomic E-state index is 9.50. The van der Waals surface area contributed by atoms with Gasteiger partial charge in [-0.1, -0.05) is 78.9 Å². The Labute approximate surface area is 188 Å². The Bertz CT molecular complexity index is 1230. The number of nitrogens with zero attached hydrogens (tertiary/aromatic N) is 2. The Morgan fingerprint density at radius 1 is 0.844 bits per heavy atom. The SMILES string of the molecule is CC(c1ccccc1)N(C(=N)c1ccccc1)c1ccc(C#N)cc1Nc1ccccc1. The van der Waals surface area contributed by atoms with Crippen LogP contribution in [0.1, 0.15) is 29.7 Å². The van der Waals surface area contributed by atoms with Crippen LogP contribution in [-0.4, -0.2) is 5.84 Å². The molecule has 0 aromatic heterocycles. The molecule has 4 rings (SSSR count). The second-order valence-corrected chi connectivity index (χ2v) is 7.51. The minimum atomic E-state index is -0.104. The van der Waals surface area contributed by atoms with Gasteiger partial charge in [-0.3, -0.25) is 5.41 Å². The number of para-hydroxylation sites is 1. The molecule has 0 bridgehead atoms. The van der Waals surface area contributed by atoms with Gasteiger partial charge in [0, 0.05) is 11.3 Å². The zero-order valence-electron chi connectivity index (χ0n) is 17.9. The number of benzene rings is 4. The highest BCUT2D eigenvalue weighted by molar-refractivity contribution is 6.10. The lowest BCUT2D eigenvalue weighted by Crippen LogP contribution is -2.34.